The summed E-state index contributed by atoms with van der Waals surface area (Å²) < 4.78 is 7.25. The number of aromatic nitrogens is 1. The summed E-state index contributed by atoms with van der Waals surface area (Å²) in [7, 11) is 0. The summed E-state index contributed by atoms with van der Waals surface area (Å²) in [5.41, 5.74) is 2.56. The summed E-state index contributed by atoms with van der Waals surface area (Å²) in [4.78, 5) is 30.9. The Labute approximate surface area is 181 Å². The Morgan fingerprint density at radius 2 is 2.14 bits per heavy atom. The van der Waals surface area contributed by atoms with E-state index in [1.54, 1.807) is 18.3 Å². The summed E-state index contributed by atoms with van der Waals surface area (Å²) in [5.74, 6) is 0.371. The first kappa shape index (κ1) is 20.4. The van der Waals surface area contributed by atoms with Gasteiger partial charge in [-0.3, -0.25) is 4.79 Å². The van der Waals surface area contributed by atoms with E-state index in [1.807, 2.05) is 24.3 Å². The molecule has 4 rings (SSSR count). The van der Waals surface area contributed by atoms with E-state index >= 15 is 0 Å². The molecule has 2 heterocycles. The number of nitrogens with zero attached hydrogens (tertiary/aromatic N) is 1. The van der Waals surface area contributed by atoms with Crippen LogP contribution < -0.4 is 5.32 Å². The van der Waals surface area contributed by atoms with Gasteiger partial charge in [0.05, 0.1) is 28.1 Å². The number of fused-ring (bicyclic) bond motifs is 2. The van der Waals surface area contributed by atoms with Gasteiger partial charge < -0.3 is 10.1 Å². The normalized spacial score (nSPS) is 15.9. The molecule has 29 heavy (non-hydrogen) atoms. The number of thiophene rings is 1. The summed E-state index contributed by atoms with van der Waals surface area (Å²) in [5, 5.41) is 3.58. The molecule has 0 fully saturated rings. The molecule has 0 radical (unpaired) electrons. The van der Waals surface area contributed by atoms with Crippen LogP contribution in [0.2, 0.25) is 0 Å². The van der Waals surface area contributed by atoms with E-state index in [4.69, 9.17) is 4.74 Å². The second-order valence-corrected chi connectivity index (χ2v) is 10.4. The SMILES string of the molecule is CCOC(=O)c1c(NC(=O)CSc2nc3ccccc3s2)sc2c1CCC(C)C2. The molecule has 8 heteroatoms. The fraction of sp³-hybridized carbons (Fsp3) is 0.381. The third-order valence-corrected chi connectivity index (χ3v) is 8.19. The van der Waals surface area contributed by atoms with Gasteiger partial charge in [0.2, 0.25) is 5.91 Å². The molecule has 3 aromatic rings. The van der Waals surface area contributed by atoms with Crippen molar-refractivity contribution < 1.29 is 14.3 Å². The molecule has 152 valence electrons. The predicted octanol–water partition coefficient (Wildman–Crippen LogP) is 5.39. The first-order chi connectivity index (χ1) is 14.0. The summed E-state index contributed by atoms with van der Waals surface area (Å²) in [6.07, 6.45) is 2.86. The van der Waals surface area contributed by atoms with Crippen molar-refractivity contribution in [2.24, 2.45) is 5.92 Å². The van der Waals surface area contributed by atoms with Crippen LogP contribution in [-0.4, -0.2) is 29.2 Å². The molecule has 0 saturated heterocycles. The molecule has 1 amide bonds. The number of rotatable bonds is 6. The van der Waals surface area contributed by atoms with E-state index in [0.29, 0.717) is 23.1 Å². The average molecular weight is 447 g/mol. The molecule has 5 nitrogen and oxygen atoms in total. The third-order valence-electron chi connectivity index (χ3n) is 4.85. The zero-order valence-electron chi connectivity index (χ0n) is 16.3. The van der Waals surface area contributed by atoms with Crippen molar-refractivity contribution in [1.82, 2.24) is 4.98 Å². The summed E-state index contributed by atoms with van der Waals surface area (Å²) in [6, 6.07) is 7.94. The number of amides is 1. The highest BCUT2D eigenvalue weighted by Gasteiger charge is 2.29. The van der Waals surface area contributed by atoms with Crippen LogP contribution in [0.5, 0.6) is 0 Å². The van der Waals surface area contributed by atoms with Crippen LogP contribution in [0.1, 0.15) is 41.1 Å². The topological polar surface area (TPSA) is 68.3 Å². The van der Waals surface area contributed by atoms with Crippen molar-refractivity contribution in [3.8, 4) is 0 Å². The summed E-state index contributed by atoms with van der Waals surface area (Å²) in [6.45, 7) is 4.34. The van der Waals surface area contributed by atoms with Crippen LogP contribution in [0.4, 0.5) is 5.00 Å². The number of nitrogens with one attached hydrogen (secondary N) is 1. The Balaban J connectivity index is 1.48. The Bertz CT molecular complexity index is 1020. The van der Waals surface area contributed by atoms with Gasteiger partial charge in [0.1, 0.15) is 5.00 Å². The van der Waals surface area contributed by atoms with Gasteiger partial charge in [0.15, 0.2) is 4.34 Å². The fourth-order valence-electron chi connectivity index (χ4n) is 3.46. The maximum Gasteiger partial charge on any atom is 0.341 e. The minimum absolute atomic E-state index is 0.133. The largest absolute Gasteiger partial charge is 0.462 e. The van der Waals surface area contributed by atoms with Crippen LogP contribution in [-0.2, 0) is 22.4 Å². The van der Waals surface area contributed by atoms with Crippen molar-refractivity contribution in [1.29, 1.82) is 0 Å². The van der Waals surface area contributed by atoms with Gasteiger partial charge in [0, 0.05) is 4.88 Å². The van der Waals surface area contributed by atoms with Crippen LogP contribution >= 0.6 is 34.4 Å². The van der Waals surface area contributed by atoms with Gasteiger partial charge in [-0.25, -0.2) is 9.78 Å². The summed E-state index contributed by atoms with van der Waals surface area (Å²) >= 11 is 4.52. The molecule has 1 aliphatic carbocycles. The van der Waals surface area contributed by atoms with E-state index < -0.39 is 0 Å². The number of esters is 1. The van der Waals surface area contributed by atoms with Gasteiger partial charge in [-0.2, -0.15) is 0 Å². The van der Waals surface area contributed by atoms with Crippen molar-refractivity contribution in [3.05, 3.63) is 40.3 Å². The Morgan fingerprint density at radius 1 is 1.31 bits per heavy atom. The number of hydrogen-bond donors (Lipinski definition) is 1. The molecule has 0 aliphatic heterocycles. The standard InChI is InChI=1S/C21H22N2O3S3/c1-3-26-20(25)18-13-9-8-12(2)10-16(13)28-19(18)23-17(24)11-27-21-22-14-6-4-5-7-15(14)29-21/h4-7,12H,3,8-11H2,1-2H3,(H,23,24). The third kappa shape index (κ3) is 4.49. The van der Waals surface area contributed by atoms with Crippen LogP contribution in [0, 0.1) is 5.92 Å². The monoisotopic (exact) mass is 446 g/mol. The highest BCUT2D eigenvalue weighted by molar-refractivity contribution is 8.01. The van der Waals surface area contributed by atoms with Crippen LogP contribution in [0.3, 0.4) is 0 Å². The van der Waals surface area contributed by atoms with Crippen LogP contribution in [0.25, 0.3) is 10.2 Å². The molecule has 0 saturated carbocycles. The second kappa shape index (κ2) is 8.85. The minimum Gasteiger partial charge on any atom is -0.462 e. The van der Waals surface area contributed by atoms with Gasteiger partial charge >= 0.3 is 5.97 Å². The van der Waals surface area contributed by atoms with E-state index in [9.17, 15) is 9.59 Å². The molecule has 0 spiro atoms. The highest BCUT2D eigenvalue weighted by atomic mass is 32.2. The first-order valence-corrected chi connectivity index (χ1v) is 12.3. The number of carbonyl (C=O) groups is 2. The van der Waals surface area contributed by atoms with Gasteiger partial charge in [-0.1, -0.05) is 30.8 Å². The number of hydrogen-bond acceptors (Lipinski definition) is 7. The number of benzene rings is 1. The molecule has 1 aromatic carbocycles. The Hall–Kier alpha value is -1.90. The lowest BCUT2D eigenvalue weighted by Gasteiger charge is -2.18. The quantitative estimate of drug-likeness (QED) is 0.406. The van der Waals surface area contributed by atoms with Crippen molar-refractivity contribution in [2.75, 3.05) is 17.7 Å². The fourth-order valence-corrected chi connectivity index (χ4v) is 6.74. The molecule has 1 unspecified atom stereocenters. The Kier molecular flexibility index (Phi) is 6.22. The number of para-hydroxylation sites is 1. The number of thioether (sulfide) groups is 1. The number of anilines is 1. The molecular weight excluding hydrogens is 424 g/mol. The van der Waals surface area contributed by atoms with Crippen molar-refractivity contribution in [2.45, 2.75) is 37.4 Å². The number of carbonyl (C=O) groups excluding carboxylic acids is 2. The zero-order valence-corrected chi connectivity index (χ0v) is 18.8. The van der Waals surface area contributed by atoms with Crippen LogP contribution in [0.15, 0.2) is 28.6 Å². The van der Waals surface area contributed by atoms with Gasteiger partial charge in [-0.05, 0) is 49.8 Å². The first-order valence-electron chi connectivity index (χ1n) is 9.65. The maximum atomic E-state index is 12.6. The smallest absolute Gasteiger partial charge is 0.341 e. The lowest BCUT2D eigenvalue weighted by molar-refractivity contribution is -0.113. The minimum atomic E-state index is -0.339. The maximum absolute atomic E-state index is 12.6. The van der Waals surface area contributed by atoms with E-state index in [0.717, 1.165) is 39.4 Å². The molecule has 1 N–H and O–H groups in total. The number of ether oxygens (including phenoxy) is 1. The van der Waals surface area contributed by atoms with E-state index in [1.165, 1.54) is 28.0 Å². The van der Waals surface area contributed by atoms with Gasteiger partial charge in [-0.15, -0.1) is 22.7 Å². The number of thiazole rings is 1. The molecule has 0 bridgehead atoms. The molecule has 1 aliphatic rings. The van der Waals surface area contributed by atoms with Gasteiger partial charge in [0.25, 0.3) is 0 Å². The lowest BCUT2D eigenvalue weighted by atomic mass is 9.88. The highest BCUT2D eigenvalue weighted by Crippen LogP contribution is 2.40. The lowest BCUT2D eigenvalue weighted by Crippen LogP contribution is -2.17. The Morgan fingerprint density at radius 3 is 2.93 bits per heavy atom. The average Bonchev–Trinajstić information content (AvgIpc) is 3.26. The van der Waals surface area contributed by atoms with E-state index in [-0.39, 0.29) is 17.6 Å². The predicted molar refractivity (Wildman–Crippen MR) is 120 cm³/mol. The van der Waals surface area contributed by atoms with Crippen molar-refractivity contribution >= 4 is 61.5 Å². The molecule has 2 aromatic heterocycles. The molecular formula is C21H22N2O3S3. The zero-order chi connectivity index (χ0) is 20.4. The van der Waals surface area contributed by atoms with E-state index in [2.05, 4.69) is 17.2 Å². The molecule has 1 atom stereocenters. The second-order valence-electron chi connectivity index (χ2n) is 7.06. The van der Waals surface area contributed by atoms with Crippen molar-refractivity contribution in [3.63, 3.8) is 0 Å².